The van der Waals surface area contributed by atoms with E-state index in [0.29, 0.717) is 0 Å². The van der Waals surface area contributed by atoms with E-state index in [2.05, 4.69) is 13.4 Å². The van der Waals surface area contributed by atoms with Crippen molar-refractivity contribution in [3.8, 4) is 0 Å². The highest BCUT2D eigenvalue weighted by molar-refractivity contribution is 7.67. The van der Waals surface area contributed by atoms with Crippen LogP contribution in [-0.4, -0.2) is 37.1 Å². The lowest BCUT2D eigenvalue weighted by Gasteiger charge is -2.18. The van der Waals surface area contributed by atoms with Gasteiger partial charge in [0.15, 0.2) is 0 Å². The molecule has 0 rings (SSSR count). The molecule has 0 aliphatic rings. The molecule has 0 atom stereocenters. The first kappa shape index (κ1) is 13.3. The fourth-order valence-corrected chi connectivity index (χ4v) is 3.06. The largest absolute Gasteiger partial charge is 0.480 e. The van der Waals surface area contributed by atoms with E-state index in [4.69, 9.17) is 10.2 Å². The summed E-state index contributed by atoms with van der Waals surface area (Å²) in [5, 5.41) is 17.1. The van der Waals surface area contributed by atoms with Crippen molar-refractivity contribution in [1.29, 1.82) is 0 Å². The Kier molecular flexibility index (Phi) is 5.32. The smallest absolute Gasteiger partial charge is 0.386 e. The molecule has 0 saturated carbocycles. The molecule has 7 nitrogen and oxygen atoms in total. The van der Waals surface area contributed by atoms with Gasteiger partial charge in [0, 0.05) is 14.2 Å². The van der Waals surface area contributed by atoms with Gasteiger partial charge in [-0.2, -0.15) is 0 Å². The summed E-state index contributed by atoms with van der Waals surface area (Å²) in [6, 6.07) is 0. The summed E-state index contributed by atoms with van der Waals surface area (Å²) in [6.45, 7) is 0. The molecule has 0 aliphatic heterocycles. The third-order valence-corrected chi connectivity index (χ3v) is 4.87. The molecule has 0 unspecified atom stereocenters. The highest BCUT2D eigenvalue weighted by Crippen LogP contribution is 2.63. The van der Waals surface area contributed by atoms with Crippen LogP contribution in [0, 0.1) is 0 Å². The van der Waals surface area contributed by atoms with Crippen LogP contribution < -0.4 is 0 Å². The molecule has 0 radical (unpaired) electrons. The maximum absolute atomic E-state index is 11.2. The van der Waals surface area contributed by atoms with Crippen molar-refractivity contribution in [2.45, 2.75) is 0 Å². The molecule has 2 N–H and O–H groups in total. The highest BCUT2D eigenvalue weighted by atomic mass is 31.3. The Bertz CT molecular complexity index is 199. The molecule has 0 aromatic rings. The van der Waals surface area contributed by atoms with Gasteiger partial charge in [0.2, 0.25) is 0 Å². The first-order chi connectivity index (χ1) is 5.95. The number of hydrogen-bond donors (Lipinski definition) is 2. The Morgan fingerprint density at radius 1 is 1.08 bits per heavy atom. The predicted molar refractivity (Wildman–Crippen MR) is 44.5 cm³/mol. The van der Waals surface area contributed by atoms with Crippen LogP contribution >= 0.6 is 15.2 Å². The van der Waals surface area contributed by atoms with Crippen LogP contribution in [0.2, 0.25) is 0 Å². The van der Waals surface area contributed by atoms with Crippen molar-refractivity contribution in [2.75, 3.05) is 26.9 Å². The Morgan fingerprint density at radius 2 is 1.46 bits per heavy atom. The topological polar surface area (TPSA) is 102 Å². The van der Waals surface area contributed by atoms with Gasteiger partial charge in [-0.05, 0) is 0 Å². The van der Waals surface area contributed by atoms with Gasteiger partial charge in [-0.1, -0.05) is 0 Å². The first-order valence-corrected chi connectivity index (χ1v) is 6.63. The zero-order valence-electron chi connectivity index (χ0n) is 7.24. The van der Waals surface area contributed by atoms with Gasteiger partial charge < -0.3 is 10.2 Å². The monoisotopic (exact) mass is 234 g/mol. The van der Waals surface area contributed by atoms with E-state index < -0.39 is 27.9 Å². The molecule has 0 fully saturated rings. The van der Waals surface area contributed by atoms with Crippen LogP contribution in [0.15, 0.2) is 0 Å². The van der Waals surface area contributed by atoms with Gasteiger partial charge in [-0.25, -0.2) is 8.88 Å². The number of rotatable bonds is 6. The summed E-state index contributed by atoms with van der Waals surface area (Å²) in [5.41, 5.74) is 0. The molecule has 0 aromatic carbocycles. The standard InChI is InChI=1S/C4H12O7P2/c1-9-13(8,10-2)11-12(7,3-5)4-6/h5-6H,3-4H2,1-2H3. The van der Waals surface area contributed by atoms with E-state index >= 15 is 0 Å². The highest BCUT2D eigenvalue weighted by Gasteiger charge is 2.35. The summed E-state index contributed by atoms with van der Waals surface area (Å²) in [4.78, 5) is 0. The normalized spacial score (nSPS) is 13.2. The van der Waals surface area contributed by atoms with E-state index in [-0.39, 0.29) is 0 Å². The fraction of sp³-hybridized carbons (Fsp3) is 1.00. The second kappa shape index (κ2) is 5.22. The molecule has 0 spiro atoms. The van der Waals surface area contributed by atoms with E-state index in [1.807, 2.05) is 0 Å². The lowest BCUT2D eigenvalue weighted by Crippen LogP contribution is -2.00. The van der Waals surface area contributed by atoms with E-state index in [0.717, 1.165) is 14.2 Å². The van der Waals surface area contributed by atoms with E-state index in [9.17, 15) is 9.13 Å². The Labute approximate surface area is 75.7 Å². The maximum atomic E-state index is 11.2. The molecular weight excluding hydrogens is 222 g/mol. The minimum Gasteiger partial charge on any atom is -0.386 e. The van der Waals surface area contributed by atoms with Crippen molar-refractivity contribution in [3.63, 3.8) is 0 Å². The zero-order chi connectivity index (χ0) is 10.5. The molecule has 0 bridgehead atoms. The van der Waals surface area contributed by atoms with Crippen LogP contribution in [0.1, 0.15) is 0 Å². The van der Waals surface area contributed by atoms with Gasteiger partial charge in [0.1, 0.15) is 12.7 Å². The number of aliphatic hydroxyl groups is 2. The van der Waals surface area contributed by atoms with Crippen LogP contribution in [0.4, 0.5) is 0 Å². The summed E-state index contributed by atoms with van der Waals surface area (Å²) >= 11 is 0. The van der Waals surface area contributed by atoms with Crippen molar-refractivity contribution >= 4 is 15.2 Å². The van der Waals surface area contributed by atoms with E-state index in [1.54, 1.807) is 0 Å². The average molecular weight is 234 g/mol. The Balaban J connectivity index is 4.57. The molecule has 80 valence electrons. The summed E-state index contributed by atoms with van der Waals surface area (Å²) in [7, 11) is -5.59. The Hall–Kier alpha value is 0.260. The minimum atomic E-state index is -3.92. The third kappa shape index (κ3) is 3.87. The van der Waals surface area contributed by atoms with Gasteiger partial charge in [-0.3, -0.25) is 13.6 Å². The minimum absolute atomic E-state index is 0.930. The third-order valence-electron chi connectivity index (χ3n) is 1.13. The lowest BCUT2D eigenvalue weighted by molar-refractivity contribution is 0.201. The molecule has 0 aliphatic carbocycles. The SMILES string of the molecule is COP(=O)(OC)OP(=O)(CO)CO. The van der Waals surface area contributed by atoms with Crippen LogP contribution in [0.3, 0.4) is 0 Å². The van der Waals surface area contributed by atoms with Gasteiger partial charge in [-0.15, -0.1) is 0 Å². The lowest BCUT2D eigenvalue weighted by atomic mass is 11.7. The second-order valence-corrected chi connectivity index (χ2v) is 6.46. The van der Waals surface area contributed by atoms with Crippen LogP contribution in [0.25, 0.3) is 0 Å². The number of hydrogen-bond acceptors (Lipinski definition) is 7. The average Bonchev–Trinajstić information content (AvgIpc) is 2.17. The summed E-state index contributed by atoms with van der Waals surface area (Å²) in [6.07, 6.45) is -1.86. The van der Waals surface area contributed by atoms with Crippen molar-refractivity contribution in [2.24, 2.45) is 0 Å². The molecule has 0 aromatic heterocycles. The summed E-state index contributed by atoms with van der Waals surface area (Å²) in [5.74, 6) is 0. The second-order valence-electron chi connectivity index (χ2n) is 1.99. The molecule has 9 heteroatoms. The van der Waals surface area contributed by atoms with Gasteiger partial charge >= 0.3 is 7.82 Å². The fourth-order valence-electron chi connectivity index (χ4n) is 0.420. The summed E-state index contributed by atoms with van der Waals surface area (Å²) < 4.78 is 35.4. The number of phosphoric ester groups is 1. The molecule has 13 heavy (non-hydrogen) atoms. The van der Waals surface area contributed by atoms with Crippen molar-refractivity contribution < 1.29 is 32.7 Å². The van der Waals surface area contributed by atoms with Gasteiger partial charge in [0.05, 0.1) is 0 Å². The predicted octanol–water partition coefficient (Wildman–Crippen LogP) is 0.582. The molecule has 0 saturated heterocycles. The zero-order valence-corrected chi connectivity index (χ0v) is 9.03. The number of aliphatic hydroxyl groups excluding tert-OH is 2. The maximum Gasteiger partial charge on any atom is 0.480 e. The van der Waals surface area contributed by atoms with E-state index in [1.165, 1.54) is 0 Å². The van der Waals surface area contributed by atoms with Crippen molar-refractivity contribution in [3.05, 3.63) is 0 Å². The van der Waals surface area contributed by atoms with Crippen LogP contribution in [-0.2, 0) is 22.5 Å². The number of phosphoric acid groups is 1. The van der Waals surface area contributed by atoms with Gasteiger partial charge in [0.25, 0.3) is 7.37 Å². The molecular formula is C4H12O7P2. The Morgan fingerprint density at radius 3 is 1.69 bits per heavy atom. The van der Waals surface area contributed by atoms with Crippen molar-refractivity contribution in [1.82, 2.24) is 0 Å². The molecule has 0 amide bonds. The quantitative estimate of drug-likeness (QED) is 0.648. The first-order valence-electron chi connectivity index (χ1n) is 3.18. The van der Waals surface area contributed by atoms with Crippen LogP contribution in [0.5, 0.6) is 0 Å². The molecule has 0 heterocycles.